The van der Waals surface area contributed by atoms with E-state index in [-0.39, 0.29) is 5.71 Å². The molecule has 160 valence electrons. The van der Waals surface area contributed by atoms with Crippen LogP contribution >= 0.6 is 0 Å². The zero-order valence-corrected chi connectivity index (χ0v) is 18.1. The summed E-state index contributed by atoms with van der Waals surface area (Å²) in [5.41, 5.74) is 2.66. The highest BCUT2D eigenvalue weighted by molar-refractivity contribution is 5.99. The molecule has 0 atom stereocenters. The van der Waals surface area contributed by atoms with Gasteiger partial charge < -0.3 is 14.5 Å². The van der Waals surface area contributed by atoms with Crippen molar-refractivity contribution in [3.05, 3.63) is 74.9 Å². The molecule has 4 aromatic rings. The molecule has 4 rings (SSSR count). The van der Waals surface area contributed by atoms with Crippen LogP contribution < -0.4 is 21.3 Å². The molecule has 2 aromatic heterocycles. The summed E-state index contributed by atoms with van der Waals surface area (Å²) in [7, 11) is 3.06. The Bertz CT molecular complexity index is 1360. The summed E-state index contributed by atoms with van der Waals surface area (Å²) in [6, 6.07) is 15.3. The van der Waals surface area contributed by atoms with Gasteiger partial charge in [-0.25, -0.2) is 4.79 Å². The summed E-state index contributed by atoms with van der Waals surface area (Å²) in [4.78, 5) is 25.5. The van der Waals surface area contributed by atoms with Gasteiger partial charge in [0.1, 0.15) is 11.1 Å². The number of furan rings is 1. The average molecular weight is 419 g/mol. The fourth-order valence-corrected chi connectivity index (χ4v) is 3.56. The first-order valence-corrected chi connectivity index (χ1v) is 10.2. The highest BCUT2D eigenvalue weighted by Gasteiger charge is 2.23. The Morgan fingerprint density at radius 2 is 1.71 bits per heavy atom. The molecule has 0 spiro atoms. The predicted octanol–water partition coefficient (Wildman–Crippen LogP) is 4.34. The van der Waals surface area contributed by atoms with Crippen LogP contribution in [0.2, 0.25) is 0 Å². The quantitative estimate of drug-likeness (QED) is 0.503. The van der Waals surface area contributed by atoms with Gasteiger partial charge >= 0.3 is 5.69 Å². The van der Waals surface area contributed by atoms with Crippen molar-refractivity contribution in [2.24, 2.45) is 14.1 Å². The van der Waals surface area contributed by atoms with Crippen LogP contribution in [-0.4, -0.2) is 15.7 Å². The van der Waals surface area contributed by atoms with E-state index in [1.165, 1.54) is 11.6 Å². The molecule has 0 saturated carbocycles. The van der Waals surface area contributed by atoms with E-state index in [0.717, 1.165) is 33.6 Å². The Kier molecular flexibility index (Phi) is 5.42. The molecule has 0 unspecified atom stereocenters. The van der Waals surface area contributed by atoms with Gasteiger partial charge in [-0.15, -0.1) is 0 Å². The fourth-order valence-electron chi connectivity index (χ4n) is 3.56. The summed E-state index contributed by atoms with van der Waals surface area (Å²) in [6.45, 7) is 4.67. The van der Waals surface area contributed by atoms with Crippen LogP contribution in [0.25, 0.3) is 22.2 Å². The first-order chi connectivity index (χ1) is 14.9. The van der Waals surface area contributed by atoms with Gasteiger partial charge in [0.15, 0.2) is 0 Å². The van der Waals surface area contributed by atoms with Crippen LogP contribution in [0.3, 0.4) is 0 Å². The molecular formula is C24H25N3O4. The zero-order valence-electron chi connectivity index (χ0n) is 18.1. The Morgan fingerprint density at radius 1 is 1.00 bits per heavy atom. The van der Waals surface area contributed by atoms with Gasteiger partial charge in [0.05, 0.1) is 12.2 Å². The molecule has 7 nitrogen and oxygen atoms in total. The van der Waals surface area contributed by atoms with Crippen LogP contribution in [0.5, 0.6) is 5.75 Å². The Labute approximate surface area is 179 Å². The van der Waals surface area contributed by atoms with Gasteiger partial charge in [0, 0.05) is 19.8 Å². The van der Waals surface area contributed by atoms with Gasteiger partial charge in [0.2, 0.25) is 11.6 Å². The first-order valence-electron chi connectivity index (χ1n) is 10.2. The van der Waals surface area contributed by atoms with E-state index >= 15 is 0 Å². The molecule has 1 N–H and O–H groups in total. The summed E-state index contributed by atoms with van der Waals surface area (Å²) in [6.07, 6.45) is 0.919. The summed E-state index contributed by atoms with van der Waals surface area (Å²) in [5, 5.41) is 3.66. The van der Waals surface area contributed by atoms with Crippen molar-refractivity contribution in [1.82, 2.24) is 9.13 Å². The molecule has 0 aliphatic carbocycles. The number of aryl methyl sites for hydroxylation is 2. The number of hydrogen-bond acceptors (Lipinski definition) is 5. The van der Waals surface area contributed by atoms with Crippen molar-refractivity contribution in [3.8, 4) is 16.9 Å². The topological polar surface area (TPSA) is 78.4 Å². The molecule has 0 amide bonds. The molecule has 0 saturated heterocycles. The third-order valence-corrected chi connectivity index (χ3v) is 5.30. The molecule has 0 radical (unpaired) electrons. The van der Waals surface area contributed by atoms with Crippen LogP contribution in [0.15, 0.2) is 62.5 Å². The Balaban J connectivity index is 1.95. The van der Waals surface area contributed by atoms with E-state index in [4.69, 9.17) is 9.15 Å². The van der Waals surface area contributed by atoms with Gasteiger partial charge in [-0.1, -0.05) is 37.3 Å². The fraction of sp³-hybridized carbons (Fsp3) is 0.250. The van der Waals surface area contributed by atoms with E-state index in [1.807, 2.05) is 55.5 Å². The second-order valence-corrected chi connectivity index (χ2v) is 7.50. The second-order valence-electron chi connectivity index (χ2n) is 7.50. The summed E-state index contributed by atoms with van der Waals surface area (Å²) in [5.74, 6) is 1.16. The molecule has 31 heavy (non-hydrogen) atoms. The van der Waals surface area contributed by atoms with Crippen molar-refractivity contribution in [2.45, 2.75) is 20.3 Å². The van der Waals surface area contributed by atoms with Gasteiger partial charge in [0.25, 0.3) is 5.56 Å². The van der Waals surface area contributed by atoms with Gasteiger partial charge in [-0.05, 0) is 42.7 Å². The standard InChI is InChI=1S/C24H25N3O4/c1-5-14-30-17-12-10-16(11-13-17)19-20-22(28)26(3)24(29)27(4)23(20)31-21(19)25-18-9-7-6-8-15(18)2/h6-13,25H,5,14H2,1-4H3. The van der Waals surface area contributed by atoms with E-state index < -0.39 is 11.2 Å². The smallest absolute Gasteiger partial charge is 0.333 e. The molecule has 2 aromatic carbocycles. The zero-order chi connectivity index (χ0) is 22.1. The normalized spacial score (nSPS) is 11.1. The van der Waals surface area contributed by atoms with Gasteiger partial charge in [-0.2, -0.15) is 0 Å². The number of benzene rings is 2. The number of hydrogen-bond donors (Lipinski definition) is 1. The van der Waals surface area contributed by atoms with Crippen molar-refractivity contribution >= 4 is 22.7 Å². The number of ether oxygens (including phenoxy) is 1. The monoisotopic (exact) mass is 419 g/mol. The minimum Gasteiger partial charge on any atom is -0.494 e. The van der Waals surface area contributed by atoms with Crippen LogP contribution in [0, 0.1) is 6.92 Å². The number of nitrogens with zero attached hydrogens (tertiary/aromatic N) is 2. The van der Waals surface area contributed by atoms with E-state index in [0.29, 0.717) is 23.4 Å². The third-order valence-electron chi connectivity index (χ3n) is 5.30. The molecular weight excluding hydrogens is 394 g/mol. The highest BCUT2D eigenvalue weighted by Crippen LogP contribution is 2.38. The van der Waals surface area contributed by atoms with Gasteiger partial charge in [-0.3, -0.25) is 13.9 Å². The third kappa shape index (κ3) is 3.63. The molecule has 0 bridgehead atoms. The van der Waals surface area contributed by atoms with E-state index in [1.54, 1.807) is 7.05 Å². The van der Waals surface area contributed by atoms with E-state index in [2.05, 4.69) is 12.2 Å². The van der Waals surface area contributed by atoms with E-state index in [9.17, 15) is 9.59 Å². The predicted molar refractivity (Wildman–Crippen MR) is 122 cm³/mol. The number of nitrogens with one attached hydrogen (secondary N) is 1. The lowest BCUT2D eigenvalue weighted by Crippen LogP contribution is -2.36. The SMILES string of the molecule is CCCOc1ccc(-c2c(Nc3ccccc3C)oc3c2c(=O)n(C)c(=O)n3C)cc1. The maximum atomic E-state index is 13.1. The average Bonchev–Trinajstić information content (AvgIpc) is 3.16. The largest absolute Gasteiger partial charge is 0.494 e. The Hall–Kier alpha value is -3.74. The molecule has 2 heterocycles. The minimum absolute atomic E-state index is 0.227. The molecule has 7 heteroatoms. The number of anilines is 2. The second kappa shape index (κ2) is 8.18. The van der Waals surface area contributed by atoms with Crippen molar-refractivity contribution < 1.29 is 9.15 Å². The summed E-state index contributed by atoms with van der Waals surface area (Å²) < 4.78 is 14.2. The van der Waals surface area contributed by atoms with Crippen LogP contribution in [0.1, 0.15) is 18.9 Å². The minimum atomic E-state index is -0.441. The van der Waals surface area contributed by atoms with Crippen LogP contribution in [-0.2, 0) is 14.1 Å². The number of para-hydroxylation sites is 1. The lowest BCUT2D eigenvalue weighted by Gasteiger charge is -2.10. The highest BCUT2D eigenvalue weighted by atomic mass is 16.5. The van der Waals surface area contributed by atoms with Crippen molar-refractivity contribution in [1.29, 1.82) is 0 Å². The lowest BCUT2D eigenvalue weighted by atomic mass is 10.0. The number of fused-ring (bicyclic) bond motifs is 1. The van der Waals surface area contributed by atoms with Crippen molar-refractivity contribution in [3.63, 3.8) is 0 Å². The first kappa shape index (κ1) is 20.5. The van der Waals surface area contributed by atoms with Crippen LogP contribution in [0.4, 0.5) is 11.6 Å². The Morgan fingerprint density at radius 3 is 2.39 bits per heavy atom. The number of aromatic nitrogens is 2. The lowest BCUT2D eigenvalue weighted by molar-refractivity contribution is 0.317. The summed E-state index contributed by atoms with van der Waals surface area (Å²) >= 11 is 0. The maximum absolute atomic E-state index is 13.1. The number of rotatable bonds is 6. The van der Waals surface area contributed by atoms with Crippen molar-refractivity contribution in [2.75, 3.05) is 11.9 Å². The molecule has 0 aliphatic rings. The molecule has 0 aliphatic heterocycles. The maximum Gasteiger partial charge on any atom is 0.333 e. The molecule has 0 fully saturated rings.